The molecule has 0 aromatic heterocycles. The van der Waals surface area contributed by atoms with Crippen LogP contribution in [0.5, 0.6) is 0 Å². The van der Waals surface area contributed by atoms with E-state index >= 15 is 0 Å². The van der Waals surface area contributed by atoms with Crippen molar-refractivity contribution in [3.8, 4) is 0 Å². The summed E-state index contributed by atoms with van der Waals surface area (Å²) < 4.78 is 0. The molecular formula is C50H72ClNO. The fourth-order valence-electron chi connectivity index (χ4n) is 12.3. The lowest BCUT2D eigenvalue weighted by Crippen LogP contribution is -2.55. The predicted molar refractivity (Wildman–Crippen MR) is 232 cm³/mol. The van der Waals surface area contributed by atoms with Crippen molar-refractivity contribution in [1.29, 1.82) is 0 Å². The highest BCUT2D eigenvalue weighted by Gasteiger charge is 2.63. The van der Waals surface area contributed by atoms with E-state index in [2.05, 4.69) is 147 Å². The van der Waals surface area contributed by atoms with E-state index < -0.39 is 0 Å². The van der Waals surface area contributed by atoms with E-state index in [0.29, 0.717) is 22.2 Å². The van der Waals surface area contributed by atoms with Crippen molar-refractivity contribution in [2.75, 3.05) is 20.6 Å². The molecule has 2 aromatic carbocycles. The molecule has 0 spiro atoms. The summed E-state index contributed by atoms with van der Waals surface area (Å²) in [6, 6.07) is 17.3. The summed E-state index contributed by atoms with van der Waals surface area (Å²) in [6.45, 7) is 20.7. The first-order valence-electron chi connectivity index (χ1n) is 20.9. The highest BCUT2D eigenvalue weighted by Crippen LogP contribution is 2.72. The SMILES string of the molecule is CC(C)=CCCC(C)C1CCC2(C)C3=C(CCC12C)C1(C)CCC(O)C(C)(C)C1CC3.CN(C)CCC=C1c2ccccc2C=Cc2ccccc21.Cl. The smallest absolute Gasteiger partial charge is 0.0594 e. The normalized spacial score (nSPS) is 31.3. The van der Waals surface area contributed by atoms with Gasteiger partial charge in [0.25, 0.3) is 0 Å². The van der Waals surface area contributed by atoms with E-state index in [1.54, 1.807) is 0 Å². The van der Waals surface area contributed by atoms with Crippen LogP contribution in [0.3, 0.4) is 0 Å². The summed E-state index contributed by atoms with van der Waals surface area (Å²) in [5.74, 6) is 2.32. The highest BCUT2D eigenvalue weighted by atomic mass is 35.5. The molecule has 5 aliphatic rings. The van der Waals surface area contributed by atoms with Gasteiger partial charge in [-0.3, -0.25) is 0 Å². The van der Waals surface area contributed by atoms with Crippen molar-refractivity contribution in [2.24, 2.45) is 39.4 Å². The number of allylic oxidation sites excluding steroid dienone is 4. The Labute approximate surface area is 330 Å². The van der Waals surface area contributed by atoms with Crippen molar-refractivity contribution in [1.82, 2.24) is 4.90 Å². The molecule has 0 amide bonds. The lowest BCUT2D eigenvalue weighted by Gasteiger charge is -2.62. The molecule has 5 aliphatic carbocycles. The standard InChI is InChI=1S/C30H50O.C20H21N.ClH/c1-20(2)10-9-11-21(3)22-14-18-30(8)24-12-13-25-27(4,5)26(31)16-17-28(25,6)23(24)15-19-29(22,30)7;1-21(2)15-7-12-20-18-10-5-3-8-16(18)13-14-17-9-4-6-11-19(17)20;/h10,21-22,25-26,31H,9,11-19H2,1-8H3;3-6,8-14H,7,15H2,1-2H3;1H. The Morgan fingerprint density at radius 3 is 2.04 bits per heavy atom. The molecule has 3 heteroatoms. The fraction of sp³-hybridized carbons (Fsp3) is 0.600. The number of aliphatic hydroxyl groups excluding tert-OH is 1. The van der Waals surface area contributed by atoms with Crippen LogP contribution >= 0.6 is 12.4 Å². The molecule has 0 radical (unpaired) electrons. The number of halogens is 1. The lowest BCUT2D eigenvalue weighted by atomic mass is 9.43. The number of hydrogen-bond acceptors (Lipinski definition) is 2. The molecule has 2 aromatic rings. The van der Waals surface area contributed by atoms with E-state index in [4.69, 9.17) is 0 Å². The Morgan fingerprint density at radius 1 is 0.811 bits per heavy atom. The van der Waals surface area contributed by atoms with Gasteiger partial charge in [0, 0.05) is 6.54 Å². The third kappa shape index (κ3) is 7.73. The molecule has 53 heavy (non-hydrogen) atoms. The minimum Gasteiger partial charge on any atom is -0.393 e. The monoisotopic (exact) mass is 738 g/mol. The molecule has 7 rings (SSSR count). The van der Waals surface area contributed by atoms with Crippen LogP contribution in [0.15, 0.2) is 77.4 Å². The maximum atomic E-state index is 10.8. The summed E-state index contributed by atoms with van der Waals surface area (Å²) in [5.41, 5.74) is 13.0. The molecule has 2 fully saturated rings. The van der Waals surface area contributed by atoms with Crippen molar-refractivity contribution < 1.29 is 5.11 Å². The van der Waals surface area contributed by atoms with Crippen molar-refractivity contribution in [3.63, 3.8) is 0 Å². The third-order valence-electron chi connectivity index (χ3n) is 15.5. The summed E-state index contributed by atoms with van der Waals surface area (Å²) >= 11 is 0. The Hall–Kier alpha value is -2.39. The maximum absolute atomic E-state index is 10.8. The molecule has 0 saturated heterocycles. The first-order chi connectivity index (χ1) is 24.6. The number of rotatable bonds is 7. The van der Waals surface area contributed by atoms with E-state index in [0.717, 1.165) is 31.2 Å². The van der Waals surface area contributed by atoms with E-state index in [1.165, 1.54) is 91.2 Å². The van der Waals surface area contributed by atoms with Gasteiger partial charge in [0.05, 0.1) is 6.10 Å². The van der Waals surface area contributed by atoms with Gasteiger partial charge in [-0.25, -0.2) is 0 Å². The minimum atomic E-state index is -0.130. The van der Waals surface area contributed by atoms with Crippen LogP contribution in [-0.4, -0.2) is 36.8 Å². The Balaban J connectivity index is 0.000000215. The van der Waals surface area contributed by atoms with Crippen molar-refractivity contribution in [3.05, 3.63) is 99.7 Å². The van der Waals surface area contributed by atoms with Gasteiger partial charge in [0.15, 0.2) is 0 Å². The topological polar surface area (TPSA) is 23.5 Å². The van der Waals surface area contributed by atoms with E-state index in [1.807, 2.05) is 11.1 Å². The number of aliphatic hydroxyl groups is 1. The zero-order chi connectivity index (χ0) is 37.5. The van der Waals surface area contributed by atoms with Crippen molar-refractivity contribution in [2.45, 2.75) is 132 Å². The second-order valence-corrected chi connectivity index (χ2v) is 19.3. The van der Waals surface area contributed by atoms with Crippen LogP contribution in [0.25, 0.3) is 17.7 Å². The molecule has 1 N–H and O–H groups in total. The van der Waals surface area contributed by atoms with Gasteiger partial charge in [-0.05, 0) is 166 Å². The second-order valence-electron chi connectivity index (χ2n) is 19.3. The first kappa shape index (κ1) is 41.8. The van der Waals surface area contributed by atoms with E-state index in [-0.39, 0.29) is 23.9 Å². The van der Waals surface area contributed by atoms with Gasteiger partial charge in [-0.15, -0.1) is 12.4 Å². The molecule has 290 valence electrons. The Morgan fingerprint density at radius 2 is 1.43 bits per heavy atom. The van der Waals surface area contributed by atoms with Gasteiger partial charge in [0.2, 0.25) is 0 Å². The molecular weight excluding hydrogens is 666 g/mol. The predicted octanol–water partition coefficient (Wildman–Crippen LogP) is 13.5. The fourth-order valence-corrected chi connectivity index (χ4v) is 12.3. The number of fused-ring (bicyclic) bond motifs is 6. The largest absolute Gasteiger partial charge is 0.393 e. The quantitative estimate of drug-likeness (QED) is 0.244. The lowest BCUT2D eigenvalue weighted by molar-refractivity contribution is -0.0962. The third-order valence-corrected chi connectivity index (χ3v) is 15.5. The zero-order valence-electron chi connectivity index (χ0n) is 35.0. The van der Waals surface area contributed by atoms with Crippen LogP contribution < -0.4 is 0 Å². The van der Waals surface area contributed by atoms with Gasteiger partial charge in [-0.2, -0.15) is 0 Å². The summed E-state index contributed by atoms with van der Waals surface area (Å²) in [4.78, 5) is 2.23. The molecule has 2 nitrogen and oxygen atoms in total. The van der Waals surface area contributed by atoms with Gasteiger partial charge in [0.1, 0.15) is 0 Å². The molecule has 0 aliphatic heterocycles. The van der Waals surface area contributed by atoms with Gasteiger partial charge >= 0.3 is 0 Å². The van der Waals surface area contributed by atoms with Crippen LogP contribution in [0.2, 0.25) is 0 Å². The number of benzene rings is 2. The second kappa shape index (κ2) is 16.4. The Bertz CT molecular complexity index is 1670. The number of nitrogens with zero attached hydrogens (tertiary/aromatic N) is 1. The highest BCUT2D eigenvalue weighted by molar-refractivity contribution is 5.93. The van der Waals surface area contributed by atoms with Crippen LogP contribution in [0.4, 0.5) is 0 Å². The zero-order valence-corrected chi connectivity index (χ0v) is 35.8. The molecule has 0 bridgehead atoms. The molecule has 7 unspecified atom stereocenters. The molecule has 2 saturated carbocycles. The van der Waals surface area contributed by atoms with Crippen LogP contribution in [0, 0.1) is 39.4 Å². The molecule has 0 heterocycles. The van der Waals surface area contributed by atoms with Crippen molar-refractivity contribution >= 4 is 30.1 Å². The molecule has 7 atom stereocenters. The van der Waals surface area contributed by atoms with E-state index in [9.17, 15) is 5.11 Å². The summed E-state index contributed by atoms with van der Waals surface area (Å²) in [5, 5.41) is 10.8. The average molecular weight is 739 g/mol. The van der Waals surface area contributed by atoms with Gasteiger partial charge in [-0.1, -0.05) is 131 Å². The summed E-state index contributed by atoms with van der Waals surface area (Å²) in [6.07, 6.45) is 23.0. The van der Waals surface area contributed by atoms with Crippen LogP contribution in [-0.2, 0) is 0 Å². The maximum Gasteiger partial charge on any atom is 0.0594 e. The minimum absolute atomic E-state index is 0. The average Bonchev–Trinajstić information content (AvgIpc) is 3.28. The van der Waals surface area contributed by atoms with Crippen LogP contribution in [0.1, 0.15) is 148 Å². The Kier molecular flexibility index (Phi) is 12.9. The first-order valence-corrected chi connectivity index (χ1v) is 20.9. The summed E-state index contributed by atoms with van der Waals surface area (Å²) in [7, 11) is 4.24. The number of hydrogen-bond donors (Lipinski definition) is 1. The van der Waals surface area contributed by atoms with Gasteiger partial charge < -0.3 is 10.0 Å².